The molecule has 1 unspecified atom stereocenters. The summed E-state index contributed by atoms with van der Waals surface area (Å²) in [6.45, 7) is 10.7. The molecular formula is C20H34FIN6O2. The van der Waals surface area contributed by atoms with E-state index in [1.165, 1.54) is 6.07 Å². The lowest BCUT2D eigenvalue weighted by molar-refractivity contribution is 0.0527. The normalized spacial score (nSPS) is 16.6. The number of aromatic nitrogens is 1. The summed E-state index contributed by atoms with van der Waals surface area (Å²) in [6, 6.07) is 3.19. The molecule has 1 fully saturated rings. The summed E-state index contributed by atoms with van der Waals surface area (Å²) in [5.74, 6) is 0.816. The van der Waals surface area contributed by atoms with Crippen LogP contribution >= 0.6 is 24.0 Å². The quantitative estimate of drug-likeness (QED) is 0.215. The van der Waals surface area contributed by atoms with E-state index in [1.807, 2.05) is 32.6 Å². The molecule has 170 valence electrons. The fourth-order valence-electron chi connectivity index (χ4n) is 2.97. The maximum absolute atomic E-state index is 13.9. The Hall–Kier alpha value is -1.85. The highest BCUT2D eigenvalue weighted by Crippen LogP contribution is 2.20. The monoisotopic (exact) mass is 536 g/mol. The summed E-state index contributed by atoms with van der Waals surface area (Å²) in [5, 5.41) is 9.35. The first-order valence-electron chi connectivity index (χ1n) is 10.2. The molecule has 1 atom stereocenters. The Balaban J connectivity index is 0.00000450. The number of hydrogen-bond donors (Lipinski definition) is 3. The molecule has 10 heteroatoms. The van der Waals surface area contributed by atoms with Crippen molar-refractivity contribution in [3.8, 4) is 0 Å². The predicted molar refractivity (Wildman–Crippen MR) is 128 cm³/mol. The van der Waals surface area contributed by atoms with Crippen LogP contribution in [-0.2, 0) is 4.74 Å². The maximum Gasteiger partial charge on any atom is 0.407 e. The molecular weight excluding hydrogens is 502 g/mol. The van der Waals surface area contributed by atoms with Gasteiger partial charge in [0.15, 0.2) is 17.6 Å². The van der Waals surface area contributed by atoms with Crippen LogP contribution in [0.3, 0.4) is 0 Å². The van der Waals surface area contributed by atoms with Crippen molar-refractivity contribution in [3.63, 3.8) is 0 Å². The van der Waals surface area contributed by atoms with E-state index in [0.29, 0.717) is 31.9 Å². The summed E-state index contributed by atoms with van der Waals surface area (Å²) < 4.78 is 19.1. The minimum Gasteiger partial charge on any atom is -0.444 e. The van der Waals surface area contributed by atoms with E-state index < -0.39 is 11.7 Å². The summed E-state index contributed by atoms with van der Waals surface area (Å²) in [7, 11) is 0. The fourth-order valence-corrected chi connectivity index (χ4v) is 2.97. The number of anilines is 1. The lowest BCUT2D eigenvalue weighted by Crippen LogP contribution is -2.44. The van der Waals surface area contributed by atoms with Gasteiger partial charge in [-0.05, 0) is 52.7 Å². The van der Waals surface area contributed by atoms with Crippen LogP contribution in [0, 0.1) is 5.82 Å². The van der Waals surface area contributed by atoms with E-state index in [2.05, 4.69) is 25.9 Å². The Kier molecular flexibility index (Phi) is 11.1. The van der Waals surface area contributed by atoms with Crippen molar-refractivity contribution in [1.82, 2.24) is 20.9 Å². The minimum absolute atomic E-state index is 0. The molecule has 1 amide bonds. The molecule has 0 radical (unpaired) electrons. The summed E-state index contributed by atoms with van der Waals surface area (Å²) in [5.41, 5.74) is -0.502. The maximum atomic E-state index is 13.9. The number of alkyl carbamates (subject to hydrolysis) is 1. The smallest absolute Gasteiger partial charge is 0.407 e. The number of ether oxygens (including phenoxy) is 1. The number of carbonyl (C=O) groups excluding carboxylic acids is 1. The van der Waals surface area contributed by atoms with Crippen molar-refractivity contribution < 1.29 is 13.9 Å². The molecule has 0 aromatic carbocycles. The fraction of sp³-hybridized carbons (Fsp3) is 0.650. The second-order valence-corrected chi connectivity index (χ2v) is 7.93. The topological polar surface area (TPSA) is 90.9 Å². The second kappa shape index (κ2) is 12.8. The van der Waals surface area contributed by atoms with Crippen molar-refractivity contribution in [2.24, 2.45) is 4.99 Å². The number of hydrogen-bond acceptors (Lipinski definition) is 5. The first-order valence-corrected chi connectivity index (χ1v) is 10.2. The number of amides is 1. The highest BCUT2D eigenvalue weighted by molar-refractivity contribution is 14.0. The van der Waals surface area contributed by atoms with Crippen molar-refractivity contribution >= 4 is 41.8 Å². The van der Waals surface area contributed by atoms with Crippen molar-refractivity contribution in [2.75, 3.05) is 37.6 Å². The lowest BCUT2D eigenvalue weighted by Gasteiger charge is -2.20. The van der Waals surface area contributed by atoms with Gasteiger partial charge in [-0.3, -0.25) is 4.99 Å². The zero-order valence-electron chi connectivity index (χ0n) is 18.2. The molecule has 1 aliphatic heterocycles. The van der Waals surface area contributed by atoms with Crippen LogP contribution in [-0.4, -0.2) is 61.4 Å². The highest BCUT2D eigenvalue weighted by Gasteiger charge is 2.25. The van der Waals surface area contributed by atoms with Gasteiger partial charge in [0.1, 0.15) is 5.60 Å². The lowest BCUT2D eigenvalue weighted by atomic mass is 10.2. The highest BCUT2D eigenvalue weighted by atomic mass is 127. The van der Waals surface area contributed by atoms with Gasteiger partial charge in [0.05, 0.1) is 0 Å². The van der Waals surface area contributed by atoms with Gasteiger partial charge in [0, 0.05) is 45.0 Å². The Morgan fingerprint density at radius 1 is 1.40 bits per heavy atom. The largest absolute Gasteiger partial charge is 0.444 e. The molecule has 2 rings (SSSR count). The van der Waals surface area contributed by atoms with Gasteiger partial charge in [0.25, 0.3) is 0 Å². The number of halogens is 2. The first-order chi connectivity index (χ1) is 13.8. The number of carbonyl (C=O) groups is 1. The SMILES string of the molecule is CCNC(=NCCCNC(=O)OC(C)(C)C)NC1CCN(c2ncccc2F)C1.I. The van der Waals surface area contributed by atoms with Gasteiger partial charge < -0.3 is 25.6 Å². The molecule has 2 heterocycles. The van der Waals surface area contributed by atoms with E-state index in [9.17, 15) is 9.18 Å². The van der Waals surface area contributed by atoms with Crippen molar-refractivity contribution in [2.45, 2.75) is 52.2 Å². The standard InChI is InChI=1S/C20H33FN6O2.HI/c1-5-22-18(24-11-7-12-25-19(28)29-20(2,3)4)26-15-9-13-27(14-15)17-16(21)8-6-10-23-17;/h6,8,10,15H,5,7,9,11-14H2,1-4H3,(H,25,28)(H2,22,24,26);1H. The number of nitrogens with zero attached hydrogens (tertiary/aromatic N) is 3. The first kappa shape index (κ1) is 26.2. The third kappa shape index (κ3) is 9.31. The third-order valence-electron chi connectivity index (χ3n) is 4.18. The van der Waals surface area contributed by atoms with E-state index in [1.54, 1.807) is 12.3 Å². The van der Waals surface area contributed by atoms with Crippen LogP contribution in [0.2, 0.25) is 0 Å². The average molecular weight is 536 g/mol. The zero-order chi connectivity index (χ0) is 21.3. The number of aliphatic imine (C=N–C) groups is 1. The molecule has 1 aliphatic rings. The number of nitrogens with one attached hydrogen (secondary N) is 3. The zero-order valence-corrected chi connectivity index (χ0v) is 20.5. The van der Waals surface area contributed by atoms with Gasteiger partial charge in [-0.1, -0.05) is 0 Å². The van der Waals surface area contributed by atoms with Crippen LogP contribution < -0.4 is 20.9 Å². The van der Waals surface area contributed by atoms with Crippen molar-refractivity contribution in [3.05, 3.63) is 24.1 Å². The van der Waals surface area contributed by atoms with Crippen LogP contribution in [0.4, 0.5) is 15.0 Å². The Morgan fingerprint density at radius 2 is 2.17 bits per heavy atom. The Labute approximate surface area is 195 Å². The number of rotatable bonds is 7. The van der Waals surface area contributed by atoms with Gasteiger partial charge in [-0.15, -0.1) is 24.0 Å². The van der Waals surface area contributed by atoms with Crippen LogP contribution in [0.5, 0.6) is 0 Å². The van der Waals surface area contributed by atoms with Gasteiger partial charge in [-0.25, -0.2) is 14.2 Å². The molecule has 8 nitrogen and oxygen atoms in total. The van der Waals surface area contributed by atoms with Crippen LogP contribution in [0.15, 0.2) is 23.3 Å². The third-order valence-corrected chi connectivity index (χ3v) is 4.18. The van der Waals surface area contributed by atoms with Gasteiger partial charge in [-0.2, -0.15) is 0 Å². The molecule has 0 aliphatic carbocycles. The molecule has 3 N–H and O–H groups in total. The van der Waals surface area contributed by atoms with Gasteiger partial charge in [0.2, 0.25) is 0 Å². The molecule has 30 heavy (non-hydrogen) atoms. The molecule has 0 saturated carbocycles. The predicted octanol–water partition coefficient (Wildman–Crippen LogP) is 2.89. The summed E-state index contributed by atoms with van der Waals surface area (Å²) in [6.07, 6.45) is 2.77. The second-order valence-electron chi connectivity index (χ2n) is 7.93. The van der Waals surface area contributed by atoms with E-state index in [0.717, 1.165) is 25.5 Å². The van der Waals surface area contributed by atoms with E-state index in [-0.39, 0.29) is 35.8 Å². The minimum atomic E-state index is -0.502. The molecule has 1 aromatic heterocycles. The number of pyridine rings is 1. The Bertz CT molecular complexity index is 698. The summed E-state index contributed by atoms with van der Waals surface area (Å²) in [4.78, 5) is 22.3. The van der Waals surface area contributed by atoms with E-state index in [4.69, 9.17) is 4.74 Å². The number of guanidine groups is 1. The molecule has 0 spiro atoms. The molecule has 1 aromatic rings. The van der Waals surface area contributed by atoms with Gasteiger partial charge >= 0.3 is 6.09 Å². The molecule has 1 saturated heterocycles. The average Bonchev–Trinajstić information content (AvgIpc) is 3.08. The van der Waals surface area contributed by atoms with Crippen molar-refractivity contribution in [1.29, 1.82) is 0 Å². The van der Waals surface area contributed by atoms with Crippen LogP contribution in [0.25, 0.3) is 0 Å². The van der Waals surface area contributed by atoms with Crippen LogP contribution in [0.1, 0.15) is 40.5 Å². The van der Waals surface area contributed by atoms with E-state index >= 15 is 0 Å². The Morgan fingerprint density at radius 3 is 2.83 bits per heavy atom. The summed E-state index contributed by atoms with van der Waals surface area (Å²) >= 11 is 0. The molecule has 0 bridgehead atoms.